The first-order valence-corrected chi connectivity index (χ1v) is 5.63. The van der Waals surface area contributed by atoms with Crippen molar-refractivity contribution in [3.05, 3.63) is 16.3 Å². The van der Waals surface area contributed by atoms with Crippen LogP contribution in [-0.2, 0) is 0 Å². The molecule has 0 bridgehead atoms. The van der Waals surface area contributed by atoms with Gasteiger partial charge in [0.05, 0.1) is 4.92 Å². The van der Waals surface area contributed by atoms with Gasteiger partial charge in [0.25, 0.3) is 0 Å². The number of anilines is 2. The van der Waals surface area contributed by atoms with Crippen LogP contribution >= 0.6 is 0 Å². The van der Waals surface area contributed by atoms with E-state index in [4.69, 9.17) is 0 Å². The molecule has 7 nitrogen and oxygen atoms in total. The van der Waals surface area contributed by atoms with Crippen LogP contribution in [0.5, 0.6) is 0 Å². The van der Waals surface area contributed by atoms with Crippen molar-refractivity contribution in [2.45, 2.75) is 19.3 Å². The maximum atomic E-state index is 10.8. The third-order valence-electron chi connectivity index (χ3n) is 2.73. The maximum Gasteiger partial charge on any atom is 0.329 e. The second kappa shape index (κ2) is 4.94. The van der Waals surface area contributed by atoms with Gasteiger partial charge in [-0.05, 0) is 12.3 Å². The van der Waals surface area contributed by atoms with Crippen LogP contribution in [0.4, 0.5) is 17.5 Å². The zero-order chi connectivity index (χ0) is 12.3. The van der Waals surface area contributed by atoms with E-state index in [0.29, 0.717) is 12.5 Å². The van der Waals surface area contributed by atoms with Crippen LogP contribution in [0.25, 0.3) is 0 Å². The monoisotopic (exact) mass is 237 g/mol. The molecule has 0 aromatic carbocycles. The average Bonchev–Trinajstić information content (AvgIpc) is 3.12. The van der Waals surface area contributed by atoms with Gasteiger partial charge in [0.1, 0.15) is 6.20 Å². The van der Waals surface area contributed by atoms with Crippen LogP contribution in [0.15, 0.2) is 6.20 Å². The third kappa shape index (κ3) is 3.02. The van der Waals surface area contributed by atoms with E-state index in [0.717, 1.165) is 12.3 Å². The van der Waals surface area contributed by atoms with Crippen LogP contribution in [-0.4, -0.2) is 28.5 Å². The highest BCUT2D eigenvalue weighted by molar-refractivity contribution is 5.56. The van der Waals surface area contributed by atoms with Gasteiger partial charge in [-0.3, -0.25) is 10.1 Å². The largest absolute Gasteiger partial charge is 0.364 e. The molecule has 0 radical (unpaired) electrons. The summed E-state index contributed by atoms with van der Waals surface area (Å²) in [5.74, 6) is 1.45. The fraction of sp³-hybridized carbons (Fsp3) is 0.600. The molecule has 0 amide bonds. The molecule has 7 heteroatoms. The second-order valence-corrected chi connectivity index (χ2v) is 4.09. The Morgan fingerprint density at radius 2 is 2.35 bits per heavy atom. The predicted molar refractivity (Wildman–Crippen MR) is 64.1 cm³/mol. The van der Waals surface area contributed by atoms with Crippen LogP contribution in [0.1, 0.15) is 19.3 Å². The van der Waals surface area contributed by atoms with E-state index in [1.807, 2.05) is 0 Å². The topological polar surface area (TPSA) is 93.0 Å². The summed E-state index contributed by atoms with van der Waals surface area (Å²) in [6.07, 6.45) is 4.80. The minimum absolute atomic E-state index is 0.0835. The van der Waals surface area contributed by atoms with Crippen molar-refractivity contribution < 1.29 is 4.92 Å². The summed E-state index contributed by atoms with van der Waals surface area (Å²) in [6.45, 7) is 0.714. The average molecular weight is 237 g/mol. The van der Waals surface area contributed by atoms with Gasteiger partial charge in [0.15, 0.2) is 0 Å². The number of rotatable bonds is 6. The first-order valence-electron chi connectivity index (χ1n) is 5.63. The maximum absolute atomic E-state index is 10.8. The Morgan fingerprint density at radius 3 is 2.94 bits per heavy atom. The molecule has 2 N–H and O–H groups in total. The molecule has 1 aliphatic carbocycles. The Morgan fingerprint density at radius 1 is 1.59 bits per heavy atom. The Labute approximate surface area is 98.8 Å². The molecule has 2 rings (SSSR count). The van der Waals surface area contributed by atoms with Gasteiger partial charge in [-0.2, -0.15) is 4.98 Å². The van der Waals surface area contributed by atoms with Crippen molar-refractivity contribution in [3.8, 4) is 0 Å². The Hall–Kier alpha value is -1.92. The Kier molecular flexibility index (Phi) is 3.36. The molecular formula is C10H15N5O2. The van der Waals surface area contributed by atoms with E-state index in [1.165, 1.54) is 19.0 Å². The Bertz CT molecular complexity index is 419. The highest BCUT2D eigenvalue weighted by atomic mass is 16.6. The molecule has 1 aliphatic rings. The van der Waals surface area contributed by atoms with E-state index in [1.54, 1.807) is 7.05 Å². The number of hydrogen-bond acceptors (Lipinski definition) is 6. The summed E-state index contributed by atoms with van der Waals surface area (Å²) in [5.41, 5.74) is -0.0835. The zero-order valence-electron chi connectivity index (χ0n) is 9.64. The molecule has 92 valence electrons. The summed E-state index contributed by atoms with van der Waals surface area (Å²) in [4.78, 5) is 18.2. The van der Waals surface area contributed by atoms with Gasteiger partial charge in [-0.25, -0.2) is 4.98 Å². The molecule has 1 fully saturated rings. The van der Waals surface area contributed by atoms with Gasteiger partial charge in [-0.1, -0.05) is 12.8 Å². The minimum atomic E-state index is -0.473. The first-order chi connectivity index (χ1) is 8.20. The standard InChI is InChI=1S/C10H15N5O2/c1-11-10-13-6-8(15(16)17)9(14-10)12-5-4-7-2-3-7/h6-7H,2-5H2,1H3,(H2,11,12,13,14). The van der Waals surface area contributed by atoms with E-state index in [2.05, 4.69) is 20.6 Å². The van der Waals surface area contributed by atoms with Crippen molar-refractivity contribution in [1.82, 2.24) is 9.97 Å². The molecule has 1 aromatic heterocycles. The summed E-state index contributed by atoms with van der Waals surface area (Å²) in [5, 5.41) is 16.6. The number of nitro groups is 1. The van der Waals surface area contributed by atoms with Crippen LogP contribution < -0.4 is 10.6 Å². The minimum Gasteiger partial charge on any atom is -0.364 e. The van der Waals surface area contributed by atoms with Crippen LogP contribution in [0.2, 0.25) is 0 Å². The fourth-order valence-electron chi connectivity index (χ4n) is 1.56. The highest BCUT2D eigenvalue weighted by Gasteiger charge is 2.22. The lowest BCUT2D eigenvalue weighted by molar-refractivity contribution is -0.384. The van der Waals surface area contributed by atoms with Gasteiger partial charge >= 0.3 is 5.69 Å². The highest BCUT2D eigenvalue weighted by Crippen LogP contribution is 2.32. The predicted octanol–water partition coefficient (Wildman–Crippen LogP) is 1.64. The normalized spacial score (nSPS) is 14.4. The molecule has 1 saturated carbocycles. The first kappa shape index (κ1) is 11.6. The lowest BCUT2D eigenvalue weighted by Crippen LogP contribution is -2.09. The Balaban J connectivity index is 2.06. The van der Waals surface area contributed by atoms with E-state index < -0.39 is 4.92 Å². The lowest BCUT2D eigenvalue weighted by atomic mass is 10.3. The number of nitrogens with one attached hydrogen (secondary N) is 2. The third-order valence-corrected chi connectivity index (χ3v) is 2.73. The summed E-state index contributed by atoms with van der Waals surface area (Å²) >= 11 is 0. The van der Waals surface area contributed by atoms with E-state index >= 15 is 0 Å². The second-order valence-electron chi connectivity index (χ2n) is 4.09. The summed E-state index contributed by atoms with van der Waals surface area (Å²) in [6, 6.07) is 0. The lowest BCUT2D eigenvalue weighted by Gasteiger charge is -2.06. The van der Waals surface area contributed by atoms with Gasteiger partial charge in [-0.15, -0.1) is 0 Å². The fourth-order valence-corrected chi connectivity index (χ4v) is 1.56. The van der Waals surface area contributed by atoms with Gasteiger partial charge in [0, 0.05) is 13.6 Å². The molecule has 0 unspecified atom stereocenters. The molecule has 0 atom stereocenters. The van der Waals surface area contributed by atoms with Crippen molar-refractivity contribution in [2.75, 3.05) is 24.2 Å². The summed E-state index contributed by atoms with van der Waals surface area (Å²) < 4.78 is 0. The summed E-state index contributed by atoms with van der Waals surface area (Å²) in [7, 11) is 1.68. The molecule has 0 aliphatic heterocycles. The molecule has 17 heavy (non-hydrogen) atoms. The van der Waals surface area contributed by atoms with Crippen LogP contribution in [0, 0.1) is 16.0 Å². The molecule has 0 saturated heterocycles. The van der Waals surface area contributed by atoms with Crippen molar-refractivity contribution in [2.24, 2.45) is 5.92 Å². The molecular weight excluding hydrogens is 222 g/mol. The number of hydrogen-bond donors (Lipinski definition) is 2. The van der Waals surface area contributed by atoms with Gasteiger partial charge < -0.3 is 10.6 Å². The quantitative estimate of drug-likeness (QED) is 0.577. The van der Waals surface area contributed by atoms with Crippen molar-refractivity contribution in [3.63, 3.8) is 0 Å². The smallest absolute Gasteiger partial charge is 0.329 e. The van der Waals surface area contributed by atoms with Crippen molar-refractivity contribution in [1.29, 1.82) is 0 Å². The van der Waals surface area contributed by atoms with E-state index in [-0.39, 0.29) is 11.5 Å². The zero-order valence-corrected chi connectivity index (χ0v) is 9.64. The SMILES string of the molecule is CNc1ncc([N+](=O)[O-])c(NCCC2CC2)n1. The van der Waals surface area contributed by atoms with Gasteiger partial charge in [0.2, 0.25) is 11.8 Å². The van der Waals surface area contributed by atoms with Crippen molar-refractivity contribution >= 4 is 17.5 Å². The molecule has 1 heterocycles. The molecule has 0 spiro atoms. The number of nitrogens with zero attached hydrogens (tertiary/aromatic N) is 3. The number of aromatic nitrogens is 2. The molecule has 1 aromatic rings. The van der Waals surface area contributed by atoms with E-state index in [9.17, 15) is 10.1 Å². The van der Waals surface area contributed by atoms with Crippen LogP contribution in [0.3, 0.4) is 0 Å².